The largest absolute Gasteiger partial charge is 0.491 e. The third kappa shape index (κ3) is 7.11. The molecule has 1 aliphatic rings. The van der Waals surface area contributed by atoms with E-state index in [0.717, 1.165) is 4.90 Å². The number of fused-ring (bicyclic) bond motifs is 1. The van der Waals surface area contributed by atoms with Gasteiger partial charge in [0.25, 0.3) is 0 Å². The molecule has 4 rings (SSSR count). The lowest BCUT2D eigenvalue weighted by Gasteiger charge is -2.36. The quantitative estimate of drug-likeness (QED) is 0.224. The summed E-state index contributed by atoms with van der Waals surface area (Å²) < 4.78 is 65.1. The van der Waals surface area contributed by atoms with Gasteiger partial charge in [0.1, 0.15) is 42.8 Å². The molecule has 1 saturated heterocycles. The molecule has 3 aromatic rings. The molecule has 1 aliphatic heterocycles. The summed E-state index contributed by atoms with van der Waals surface area (Å²) in [7, 11) is 1.53. The van der Waals surface area contributed by atoms with Gasteiger partial charge in [-0.1, -0.05) is 0 Å². The number of hydrogen-bond acceptors (Lipinski definition) is 7. The van der Waals surface area contributed by atoms with Crippen molar-refractivity contribution >= 4 is 39.9 Å². The lowest BCUT2D eigenvalue weighted by molar-refractivity contribution is -0.196. The third-order valence-electron chi connectivity index (χ3n) is 6.16. The second-order valence-corrected chi connectivity index (χ2v) is 8.93. The Kier molecular flexibility index (Phi) is 8.79. The van der Waals surface area contributed by atoms with Crippen LogP contribution in [-0.4, -0.2) is 65.8 Å². The lowest BCUT2D eigenvalue weighted by Crippen LogP contribution is -2.51. The van der Waals surface area contributed by atoms with E-state index in [1.54, 1.807) is 18.2 Å². The van der Waals surface area contributed by atoms with E-state index in [1.807, 2.05) is 0 Å². The molecule has 2 N–H and O–H groups in total. The zero-order valence-corrected chi connectivity index (χ0v) is 21.1. The number of nitrogens with zero attached hydrogens (tertiary/aromatic N) is 3. The minimum atomic E-state index is -4.53. The zero-order valence-electron chi connectivity index (χ0n) is 21.1. The normalized spacial score (nSPS) is 15.7. The highest BCUT2D eigenvalue weighted by Crippen LogP contribution is 2.32. The third-order valence-corrected chi connectivity index (χ3v) is 6.16. The molecule has 1 atom stereocenters. The van der Waals surface area contributed by atoms with Crippen LogP contribution in [0.4, 0.5) is 34.8 Å². The molecule has 13 heteroatoms. The number of benzene rings is 2. The van der Waals surface area contributed by atoms with Crippen LogP contribution in [0.25, 0.3) is 10.9 Å². The summed E-state index contributed by atoms with van der Waals surface area (Å²) >= 11 is 0. The molecule has 2 amide bonds. The van der Waals surface area contributed by atoms with Crippen molar-refractivity contribution in [2.24, 2.45) is 0 Å². The van der Waals surface area contributed by atoms with Gasteiger partial charge in [-0.3, -0.25) is 9.59 Å². The highest BCUT2D eigenvalue weighted by Gasteiger charge is 2.46. The Balaban J connectivity index is 1.39. The van der Waals surface area contributed by atoms with Gasteiger partial charge in [0.2, 0.25) is 11.8 Å². The van der Waals surface area contributed by atoms with Crippen LogP contribution in [0.2, 0.25) is 0 Å². The van der Waals surface area contributed by atoms with Crippen LogP contribution in [0.3, 0.4) is 0 Å². The zero-order chi connectivity index (χ0) is 28.0. The standard InChI is InChI=1S/C26H27F4N5O4/c1-38-10-11-39-18-12-19(27)24-20(13-18)31-15-32-25(24)34-17-7-5-16(6-8-17)33-22(36)14-23(37)35-9-3-2-4-21(35)26(28,29)30/h5-8,12-13,15,21H,2-4,9-11,14H2,1H3,(H,33,36)(H,31,32,34)/t21-/m0/s1. The van der Waals surface area contributed by atoms with Crippen LogP contribution in [0.5, 0.6) is 5.75 Å². The number of methoxy groups -OCH3 is 1. The van der Waals surface area contributed by atoms with Crippen molar-refractivity contribution in [3.8, 4) is 5.75 Å². The van der Waals surface area contributed by atoms with Crippen molar-refractivity contribution in [1.29, 1.82) is 0 Å². The molecule has 2 aromatic carbocycles. The van der Waals surface area contributed by atoms with Gasteiger partial charge in [-0.25, -0.2) is 14.4 Å². The SMILES string of the molecule is COCCOc1cc(F)c2c(Nc3ccc(NC(=O)CC(=O)N4CCCC[C@H]4C(F)(F)F)cc3)ncnc2c1. The number of alkyl halides is 3. The fourth-order valence-corrected chi connectivity index (χ4v) is 4.33. The summed E-state index contributed by atoms with van der Waals surface area (Å²) in [5.74, 6) is -1.66. The number of ether oxygens (including phenoxy) is 2. The number of likely N-dealkylation sites (tertiary alicyclic amines) is 1. The smallest absolute Gasteiger partial charge is 0.408 e. The maximum Gasteiger partial charge on any atom is 0.408 e. The van der Waals surface area contributed by atoms with E-state index < -0.39 is 36.3 Å². The monoisotopic (exact) mass is 549 g/mol. The molecule has 2 heterocycles. The Morgan fingerprint density at radius 3 is 2.54 bits per heavy atom. The fraction of sp³-hybridized carbons (Fsp3) is 0.385. The van der Waals surface area contributed by atoms with Crippen molar-refractivity contribution in [3.05, 3.63) is 48.5 Å². The Hall–Kier alpha value is -4.00. The molecule has 9 nitrogen and oxygen atoms in total. The second-order valence-electron chi connectivity index (χ2n) is 8.93. The highest BCUT2D eigenvalue weighted by molar-refractivity contribution is 6.03. The molecule has 0 radical (unpaired) electrons. The first kappa shape index (κ1) is 28.0. The topological polar surface area (TPSA) is 106 Å². The average Bonchev–Trinajstić information content (AvgIpc) is 2.89. The van der Waals surface area contributed by atoms with Crippen LogP contribution < -0.4 is 15.4 Å². The first-order chi connectivity index (χ1) is 18.7. The van der Waals surface area contributed by atoms with Crippen molar-refractivity contribution in [3.63, 3.8) is 0 Å². The number of amides is 2. The second kappa shape index (κ2) is 12.2. The van der Waals surface area contributed by atoms with Gasteiger partial charge >= 0.3 is 6.18 Å². The molecule has 0 spiro atoms. The maximum absolute atomic E-state index is 14.9. The molecular formula is C26H27F4N5O4. The Bertz CT molecular complexity index is 1320. The predicted molar refractivity (Wildman–Crippen MR) is 135 cm³/mol. The van der Waals surface area contributed by atoms with Gasteiger partial charge in [0.15, 0.2) is 0 Å². The Labute approximate surface area is 221 Å². The van der Waals surface area contributed by atoms with E-state index in [-0.39, 0.29) is 30.8 Å². The molecular weight excluding hydrogens is 522 g/mol. The number of rotatable bonds is 9. The number of halogens is 4. The predicted octanol–water partition coefficient (Wildman–Crippen LogP) is 4.81. The van der Waals surface area contributed by atoms with Crippen LogP contribution in [0, 0.1) is 5.82 Å². The first-order valence-corrected chi connectivity index (χ1v) is 12.2. The molecule has 0 aliphatic carbocycles. The molecule has 208 valence electrons. The molecule has 1 fully saturated rings. The molecule has 1 aromatic heterocycles. The van der Waals surface area contributed by atoms with Crippen LogP contribution in [0.15, 0.2) is 42.7 Å². The van der Waals surface area contributed by atoms with Crippen molar-refractivity contribution in [2.45, 2.75) is 37.9 Å². The number of hydrogen-bond donors (Lipinski definition) is 2. The first-order valence-electron chi connectivity index (χ1n) is 12.2. The number of aromatic nitrogens is 2. The number of anilines is 3. The maximum atomic E-state index is 14.9. The van der Waals surface area contributed by atoms with Crippen molar-refractivity contribution < 1.29 is 36.6 Å². The van der Waals surface area contributed by atoms with Gasteiger partial charge in [-0.2, -0.15) is 13.2 Å². The summed E-state index contributed by atoms with van der Waals surface area (Å²) in [5.41, 5.74) is 1.18. The van der Waals surface area contributed by atoms with Gasteiger partial charge in [0, 0.05) is 37.2 Å². The summed E-state index contributed by atoms with van der Waals surface area (Å²) in [6.07, 6.45) is -3.28. The number of carbonyl (C=O) groups excluding carboxylic acids is 2. The van der Waals surface area contributed by atoms with E-state index in [0.29, 0.717) is 42.1 Å². The number of nitrogens with one attached hydrogen (secondary N) is 2. The van der Waals surface area contributed by atoms with Gasteiger partial charge in [-0.05, 0) is 43.5 Å². The number of piperidine rings is 1. The van der Waals surface area contributed by atoms with E-state index in [4.69, 9.17) is 9.47 Å². The van der Waals surface area contributed by atoms with Crippen LogP contribution >= 0.6 is 0 Å². The molecule has 39 heavy (non-hydrogen) atoms. The highest BCUT2D eigenvalue weighted by atomic mass is 19.4. The summed E-state index contributed by atoms with van der Waals surface area (Å²) in [5, 5.41) is 5.68. The Morgan fingerprint density at radius 1 is 1.08 bits per heavy atom. The fourth-order valence-electron chi connectivity index (χ4n) is 4.33. The van der Waals surface area contributed by atoms with E-state index in [9.17, 15) is 27.2 Å². The Morgan fingerprint density at radius 2 is 1.82 bits per heavy atom. The molecule has 0 unspecified atom stereocenters. The minimum Gasteiger partial charge on any atom is -0.491 e. The lowest BCUT2D eigenvalue weighted by atomic mass is 10.0. The minimum absolute atomic E-state index is 0.0306. The van der Waals surface area contributed by atoms with Gasteiger partial charge < -0.3 is 25.0 Å². The van der Waals surface area contributed by atoms with Crippen LogP contribution in [0.1, 0.15) is 25.7 Å². The molecule has 0 saturated carbocycles. The average molecular weight is 550 g/mol. The van der Waals surface area contributed by atoms with E-state index in [2.05, 4.69) is 20.6 Å². The summed E-state index contributed by atoms with van der Waals surface area (Å²) in [6, 6.07) is 7.20. The van der Waals surface area contributed by atoms with Gasteiger partial charge in [0.05, 0.1) is 17.5 Å². The molecule has 0 bridgehead atoms. The van der Waals surface area contributed by atoms with Gasteiger partial charge in [-0.15, -0.1) is 0 Å². The number of carbonyl (C=O) groups is 2. The van der Waals surface area contributed by atoms with E-state index >= 15 is 0 Å². The van der Waals surface area contributed by atoms with Crippen LogP contribution in [-0.2, 0) is 14.3 Å². The van der Waals surface area contributed by atoms with Crippen molar-refractivity contribution in [1.82, 2.24) is 14.9 Å². The summed E-state index contributed by atoms with van der Waals surface area (Å²) in [6.45, 7) is 0.568. The summed E-state index contributed by atoms with van der Waals surface area (Å²) in [4.78, 5) is 33.8. The van der Waals surface area contributed by atoms with E-state index in [1.165, 1.54) is 31.6 Å². The van der Waals surface area contributed by atoms with Crippen molar-refractivity contribution in [2.75, 3.05) is 37.5 Å².